The number of pyridine rings is 1. The van der Waals surface area contributed by atoms with Gasteiger partial charge in [0.15, 0.2) is 11.5 Å². The molecule has 7 nitrogen and oxygen atoms in total. The first-order valence-corrected chi connectivity index (χ1v) is 8.20. The number of aromatic nitrogens is 5. The molecule has 7 heteroatoms. The Morgan fingerprint density at radius 2 is 2.04 bits per heavy atom. The number of rotatable bonds is 7. The van der Waals surface area contributed by atoms with Crippen molar-refractivity contribution in [3.8, 4) is 11.4 Å². The van der Waals surface area contributed by atoms with Gasteiger partial charge in [-0.25, -0.2) is 9.97 Å². The van der Waals surface area contributed by atoms with Crippen LogP contribution in [-0.2, 0) is 7.05 Å². The van der Waals surface area contributed by atoms with E-state index >= 15 is 0 Å². The summed E-state index contributed by atoms with van der Waals surface area (Å²) in [6, 6.07) is 3.72. The molecule has 1 atom stereocenters. The first-order chi connectivity index (χ1) is 11.7. The second-order valence-corrected chi connectivity index (χ2v) is 5.80. The lowest BCUT2D eigenvalue weighted by Gasteiger charge is -2.17. The maximum absolute atomic E-state index is 9.64. The van der Waals surface area contributed by atoms with E-state index in [1.54, 1.807) is 23.3 Å². The normalized spacial score (nSPS) is 12.5. The Labute approximate surface area is 140 Å². The third-order valence-corrected chi connectivity index (χ3v) is 4.00. The zero-order chi connectivity index (χ0) is 16.9. The van der Waals surface area contributed by atoms with Crippen LogP contribution >= 0.6 is 0 Å². The largest absolute Gasteiger partial charge is 0.394 e. The molecule has 0 aliphatic carbocycles. The van der Waals surface area contributed by atoms with Crippen molar-refractivity contribution in [1.82, 2.24) is 24.7 Å². The van der Waals surface area contributed by atoms with E-state index in [0.29, 0.717) is 11.6 Å². The Bertz CT molecular complexity index is 801. The summed E-state index contributed by atoms with van der Waals surface area (Å²) >= 11 is 0. The molecule has 0 amide bonds. The van der Waals surface area contributed by atoms with Gasteiger partial charge in [0.2, 0.25) is 0 Å². The molecule has 0 fully saturated rings. The smallest absolute Gasteiger partial charge is 0.164 e. The number of nitrogens with one attached hydrogen (secondary N) is 1. The predicted octanol–water partition coefficient (Wildman–Crippen LogP) is 2.39. The van der Waals surface area contributed by atoms with E-state index in [9.17, 15) is 5.11 Å². The minimum atomic E-state index is -0.0338. The molecule has 3 heterocycles. The van der Waals surface area contributed by atoms with Crippen molar-refractivity contribution in [2.45, 2.75) is 32.2 Å². The lowest BCUT2D eigenvalue weighted by Crippen LogP contribution is -2.24. The fraction of sp³-hybridized carbons (Fsp3) is 0.412. The molecule has 0 spiro atoms. The van der Waals surface area contributed by atoms with Gasteiger partial charge in [-0.05, 0) is 18.6 Å². The van der Waals surface area contributed by atoms with Crippen LogP contribution in [-0.4, -0.2) is 42.5 Å². The average Bonchev–Trinajstić information content (AvgIpc) is 3.00. The number of hydrogen-bond donors (Lipinski definition) is 2. The molecule has 0 saturated heterocycles. The Kier molecular flexibility index (Phi) is 5.00. The third-order valence-electron chi connectivity index (χ3n) is 4.00. The maximum atomic E-state index is 9.64. The van der Waals surface area contributed by atoms with Gasteiger partial charge < -0.3 is 10.4 Å². The van der Waals surface area contributed by atoms with Gasteiger partial charge >= 0.3 is 0 Å². The third kappa shape index (κ3) is 3.35. The van der Waals surface area contributed by atoms with Crippen LogP contribution in [0.3, 0.4) is 0 Å². The number of aliphatic hydroxyl groups is 1. The van der Waals surface area contributed by atoms with Crippen molar-refractivity contribution in [3.05, 3.63) is 30.7 Å². The van der Waals surface area contributed by atoms with Crippen molar-refractivity contribution < 1.29 is 5.11 Å². The molecule has 0 radical (unpaired) electrons. The number of hydrogen-bond acceptors (Lipinski definition) is 6. The molecule has 0 aromatic carbocycles. The molecule has 0 aliphatic rings. The summed E-state index contributed by atoms with van der Waals surface area (Å²) in [4.78, 5) is 13.3. The number of nitrogens with zero attached hydrogens (tertiary/aromatic N) is 5. The topological polar surface area (TPSA) is 88.8 Å². The molecular formula is C17H22N6O. The predicted molar refractivity (Wildman–Crippen MR) is 93.6 cm³/mol. The zero-order valence-corrected chi connectivity index (χ0v) is 14.0. The van der Waals surface area contributed by atoms with Crippen LogP contribution in [0.15, 0.2) is 30.7 Å². The molecular weight excluding hydrogens is 304 g/mol. The zero-order valence-electron chi connectivity index (χ0n) is 14.0. The highest BCUT2D eigenvalue weighted by Crippen LogP contribution is 2.25. The fourth-order valence-electron chi connectivity index (χ4n) is 2.62. The summed E-state index contributed by atoms with van der Waals surface area (Å²) in [7, 11) is 1.86. The van der Waals surface area contributed by atoms with Gasteiger partial charge in [0, 0.05) is 25.0 Å². The van der Waals surface area contributed by atoms with Crippen molar-refractivity contribution in [1.29, 1.82) is 0 Å². The molecule has 24 heavy (non-hydrogen) atoms. The van der Waals surface area contributed by atoms with E-state index in [-0.39, 0.29) is 12.6 Å². The number of unbranched alkanes of at least 4 members (excludes halogenated alkanes) is 1. The minimum absolute atomic E-state index is 0.0338. The van der Waals surface area contributed by atoms with Crippen molar-refractivity contribution in [3.63, 3.8) is 0 Å². The summed E-state index contributed by atoms with van der Waals surface area (Å²) in [5.41, 5.74) is 1.65. The van der Waals surface area contributed by atoms with Crippen LogP contribution in [0.2, 0.25) is 0 Å². The van der Waals surface area contributed by atoms with Crippen LogP contribution in [0.5, 0.6) is 0 Å². The highest BCUT2D eigenvalue weighted by atomic mass is 16.3. The monoisotopic (exact) mass is 326 g/mol. The lowest BCUT2D eigenvalue weighted by molar-refractivity contribution is 0.267. The van der Waals surface area contributed by atoms with E-state index in [2.05, 4.69) is 32.3 Å². The van der Waals surface area contributed by atoms with Crippen LogP contribution in [0, 0.1) is 0 Å². The second kappa shape index (κ2) is 7.35. The quantitative estimate of drug-likeness (QED) is 0.693. The number of aliphatic hydroxyl groups excluding tert-OH is 1. The molecule has 0 aliphatic heterocycles. The SMILES string of the molecule is CCCC[C@H](CO)Nc1nc(-c2ccncc2)nc2c1cnn2C. The van der Waals surface area contributed by atoms with E-state index in [1.165, 1.54) is 0 Å². The summed E-state index contributed by atoms with van der Waals surface area (Å²) < 4.78 is 1.73. The number of aryl methyl sites for hydroxylation is 1. The second-order valence-electron chi connectivity index (χ2n) is 5.80. The van der Waals surface area contributed by atoms with Crippen LogP contribution in [0.4, 0.5) is 5.82 Å². The Morgan fingerprint density at radius 1 is 1.25 bits per heavy atom. The standard InChI is InChI=1S/C17H22N6O/c1-3-4-5-13(11-24)20-16-14-10-19-23(2)17(14)22-15(21-16)12-6-8-18-9-7-12/h6-10,13,24H,3-5,11H2,1-2H3,(H,20,21,22)/t13-/m1/s1. The van der Waals surface area contributed by atoms with Crippen LogP contribution in [0.25, 0.3) is 22.4 Å². The van der Waals surface area contributed by atoms with E-state index in [4.69, 9.17) is 0 Å². The van der Waals surface area contributed by atoms with Gasteiger partial charge in [0.05, 0.1) is 24.2 Å². The Balaban J connectivity index is 2.02. The summed E-state index contributed by atoms with van der Waals surface area (Å²) in [6.45, 7) is 2.20. The fourth-order valence-corrected chi connectivity index (χ4v) is 2.62. The van der Waals surface area contributed by atoms with Gasteiger partial charge in [-0.2, -0.15) is 5.10 Å². The molecule has 0 bridgehead atoms. The highest BCUT2D eigenvalue weighted by molar-refractivity contribution is 5.88. The van der Waals surface area contributed by atoms with Crippen LogP contribution in [0.1, 0.15) is 26.2 Å². The van der Waals surface area contributed by atoms with Crippen molar-refractivity contribution in [2.75, 3.05) is 11.9 Å². The van der Waals surface area contributed by atoms with E-state index in [1.807, 2.05) is 19.2 Å². The Hall–Kier alpha value is -2.54. The molecule has 2 N–H and O–H groups in total. The van der Waals surface area contributed by atoms with Crippen molar-refractivity contribution >= 4 is 16.9 Å². The van der Waals surface area contributed by atoms with Crippen LogP contribution < -0.4 is 5.32 Å². The molecule has 126 valence electrons. The average molecular weight is 326 g/mol. The van der Waals surface area contributed by atoms with Gasteiger partial charge in [-0.1, -0.05) is 19.8 Å². The lowest BCUT2D eigenvalue weighted by atomic mass is 10.1. The molecule has 0 saturated carbocycles. The molecule has 3 aromatic rings. The summed E-state index contributed by atoms with van der Waals surface area (Å²) in [5.74, 6) is 1.32. The van der Waals surface area contributed by atoms with E-state index < -0.39 is 0 Å². The minimum Gasteiger partial charge on any atom is -0.394 e. The maximum Gasteiger partial charge on any atom is 0.164 e. The molecule has 3 rings (SSSR count). The first-order valence-electron chi connectivity index (χ1n) is 8.20. The van der Waals surface area contributed by atoms with Gasteiger partial charge in [-0.15, -0.1) is 0 Å². The highest BCUT2D eigenvalue weighted by Gasteiger charge is 2.15. The van der Waals surface area contributed by atoms with Gasteiger partial charge in [0.25, 0.3) is 0 Å². The van der Waals surface area contributed by atoms with E-state index in [0.717, 1.165) is 35.9 Å². The number of fused-ring (bicyclic) bond motifs is 1. The Morgan fingerprint density at radius 3 is 2.75 bits per heavy atom. The molecule has 3 aromatic heterocycles. The summed E-state index contributed by atoms with van der Waals surface area (Å²) in [6.07, 6.45) is 8.23. The van der Waals surface area contributed by atoms with Gasteiger partial charge in [-0.3, -0.25) is 9.67 Å². The summed E-state index contributed by atoms with van der Waals surface area (Å²) in [5, 5.41) is 18.1. The first kappa shape index (κ1) is 16.3. The van der Waals surface area contributed by atoms with Gasteiger partial charge in [0.1, 0.15) is 5.82 Å². The number of anilines is 1. The molecule has 0 unspecified atom stereocenters. The van der Waals surface area contributed by atoms with Crippen molar-refractivity contribution in [2.24, 2.45) is 7.05 Å².